The van der Waals surface area contributed by atoms with Gasteiger partial charge in [0.2, 0.25) is 0 Å². The summed E-state index contributed by atoms with van der Waals surface area (Å²) in [5.41, 5.74) is 0. The monoisotopic (exact) mass is 625 g/mol. The zero-order chi connectivity index (χ0) is 31.4. The van der Waals surface area contributed by atoms with E-state index in [4.69, 9.17) is 0 Å². The Kier molecular flexibility index (Phi) is 37.3. The van der Waals surface area contributed by atoms with Crippen LogP contribution in [0.2, 0.25) is 0 Å². The van der Waals surface area contributed by atoms with Crippen LogP contribution >= 0.6 is 7.26 Å². The van der Waals surface area contributed by atoms with Crippen molar-refractivity contribution in [3.05, 3.63) is 0 Å². The molecule has 1 heteroatoms. The SMILES string of the molecule is CCCCCCCCCCCCCCCCCC[PH](CCC)(CCC)CCCCCCCCCCCCCCCCCC. The van der Waals surface area contributed by atoms with Crippen LogP contribution < -0.4 is 0 Å². The first-order chi connectivity index (χ1) is 21.2. The van der Waals surface area contributed by atoms with Crippen LogP contribution in [-0.4, -0.2) is 24.6 Å². The standard InChI is InChI=1S/C42H89P/c1-5-9-11-13-15-17-19-21-23-25-27-29-31-33-35-37-41-43(39-7-3,40-8-4)42-38-36-34-32-30-28-26-24-22-20-18-16-14-12-10-6-2/h43H,5-42H2,1-4H3. The minimum absolute atomic E-state index is 1.01. The topological polar surface area (TPSA) is 0 Å². The summed E-state index contributed by atoms with van der Waals surface area (Å²) in [7, 11) is -1.01. The van der Waals surface area contributed by atoms with Crippen LogP contribution in [0.3, 0.4) is 0 Å². The van der Waals surface area contributed by atoms with Crippen LogP contribution in [0.4, 0.5) is 0 Å². The van der Waals surface area contributed by atoms with E-state index in [2.05, 4.69) is 27.7 Å². The number of unbranched alkanes of at least 4 members (excludes halogenated alkanes) is 30. The molecule has 0 aromatic carbocycles. The van der Waals surface area contributed by atoms with Crippen molar-refractivity contribution in [2.24, 2.45) is 0 Å². The van der Waals surface area contributed by atoms with E-state index in [0.29, 0.717) is 0 Å². The third-order valence-corrected chi connectivity index (χ3v) is 16.6. The van der Waals surface area contributed by atoms with Crippen LogP contribution in [0.15, 0.2) is 0 Å². The molecule has 0 bridgehead atoms. The first kappa shape index (κ1) is 43.4. The third-order valence-electron chi connectivity index (χ3n) is 10.7. The summed E-state index contributed by atoms with van der Waals surface area (Å²) >= 11 is 0. The summed E-state index contributed by atoms with van der Waals surface area (Å²) in [6.45, 7) is 9.57. The predicted octanol–water partition coefficient (Wildman–Crippen LogP) is 16.1. The number of hydrogen-bond acceptors (Lipinski definition) is 0. The number of hydrogen-bond donors (Lipinski definition) is 0. The van der Waals surface area contributed by atoms with Gasteiger partial charge >= 0.3 is 200 Å². The minimum atomic E-state index is -1.01. The molecule has 0 unspecified atom stereocenters. The van der Waals surface area contributed by atoms with Crippen LogP contribution in [0, 0.1) is 0 Å². The molecular formula is C42H89P. The second-order valence-corrected chi connectivity index (χ2v) is 20.1. The quantitative estimate of drug-likeness (QED) is 0.0473. The van der Waals surface area contributed by atoms with Crippen molar-refractivity contribution in [2.75, 3.05) is 24.6 Å². The van der Waals surface area contributed by atoms with Crippen molar-refractivity contribution < 1.29 is 0 Å². The molecule has 0 aliphatic rings. The Labute approximate surface area is 277 Å². The van der Waals surface area contributed by atoms with Gasteiger partial charge in [-0.05, 0) is 0 Å². The van der Waals surface area contributed by atoms with Gasteiger partial charge < -0.3 is 0 Å². The molecule has 0 fully saturated rings. The van der Waals surface area contributed by atoms with Gasteiger partial charge in [0.15, 0.2) is 0 Å². The van der Waals surface area contributed by atoms with Crippen molar-refractivity contribution in [2.45, 2.75) is 246 Å². The fraction of sp³-hybridized carbons (Fsp3) is 1.00. The van der Waals surface area contributed by atoms with Crippen molar-refractivity contribution >= 4 is 7.26 Å². The smallest absolute Gasteiger partial charge is 0.0654 e. The van der Waals surface area contributed by atoms with Gasteiger partial charge in [-0.2, -0.15) is 0 Å². The van der Waals surface area contributed by atoms with Crippen LogP contribution in [0.1, 0.15) is 246 Å². The molecule has 0 radical (unpaired) electrons. The molecule has 0 aromatic heterocycles. The third kappa shape index (κ3) is 32.2. The number of rotatable bonds is 38. The van der Waals surface area contributed by atoms with E-state index >= 15 is 0 Å². The van der Waals surface area contributed by atoms with E-state index in [0.717, 1.165) is 0 Å². The summed E-state index contributed by atoms with van der Waals surface area (Å²) in [4.78, 5) is 0. The Morgan fingerprint density at radius 2 is 0.372 bits per heavy atom. The molecule has 0 aliphatic carbocycles. The second kappa shape index (κ2) is 36.9. The first-order valence-electron chi connectivity index (χ1n) is 21.2. The zero-order valence-electron chi connectivity index (χ0n) is 31.4. The molecule has 0 amide bonds. The molecule has 0 saturated heterocycles. The Balaban J connectivity index is 3.72. The Bertz CT molecular complexity index is 441. The van der Waals surface area contributed by atoms with E-state index in [-0.39, 0.29) is 0 Å². The van der Waals surface area contributed by atoms with Crippen molar-refractivity contribution in [1.29, 1.82) is 0 Å². The molecule has 0 aromatic rings. The van der Waals surface area contributed by atoms with E-state index in [9.17, 15) is 0 Å². The first-order valence-corrected chi connectivity index (χ1v) is 24.1. The fourth-order valence-electron chi connectivity index (χ4n) is 7.91. The van der Waals surface area contributed by atoms with Gasteiger partial charge in [-0.1, -0.05) is 78.1 Å². The maximum absolute atomic E-state index is 2.47. The molecule has 0 saturated carbocycles. The second-order valence-electron chi connectivity index (χ2n) is 15.1. The molecule has 0 nitrogen and oxygen atoms in total. The molecule has 43 heavy (non-hydrogen) atoms. The van der Waals surface area contributed by atoms with Crippen LogP contribution in [0.5, 0.6) is 0 Å². The minimum Gasteiger partial charge on any atom is -0.0654 e. The Morgan fingerprint density at radius 1 is 0.186 bits per heavy atom. The predicted molar refractivity (Wildman–Crippen MR) is 207 cm³/mol. The Hall–Kier alpha value is 0.430. The van der Waals surface area contributed by atoms with Crippen LogP contribution in [0.25, 0.3) is 0 Å². The fourth-order valence-corrected chi connectivity index (χ4v) is 13.5. The Morgan fingerprint density at radius 3 is 0.558 bits per heavy atom. The van der Waals surface area contributed by atoms with Crippen molar-refractivity contribution in [1.82, 2.24) is 0 Å². The molecule has 0 N–H and O–H groups in total. The van der Waals surface area contributed by atoms with E-state index in [1.807, 2.05) is 0 Å². The zero-order valence-corrected chi connectivity index (χ0v) is 32.4. The van der Waals surface area contributed by atoms with E-state index in [1.165, 1.54) is 205 Å². The summed E-state index contributed by atoms with van der Waals surface area (Å²) < 4.78 is 0. The molecular weight excluding hydrogens is 535 g/mol. The normalized spacial score (nSPS) is 12.4. The van der Waals surface area contributed by atoms with Gasteiger partial charge in [0.05, 0.1) is 0 Å². The van der Waals surface area contributed by atoms with E-state index in [1.54, 1.807) is 37.5 Å². The molecule has 0 spiro atoms. The molecule has 0 rings (SSSR count). The van der Waals surface area contributed by atoms with Gasteiger partial charge in [0.25, 0.3) is 0 Å². The van der Waals surface area contributed by atoms with Crippen LogP contribution in [-0.2, 0) is 0 Å². The average Bonchev–Trinajstić information content (AvgIpc) is 3.01. The summed E-state index contributed by atoms with van der Waals surface area (Å²) in [5, 5.41) is 0. The summed E-state index contributed by atoms with van der Waals surface area (Å²) in [6.07, 6.45) is 57.1. The maximum atomic E-state index is 2.47. The molecule has 0 atom stereocenters. The average molecular weight is 625 g/mol. The van der Waals surface area contributed by atoms with E-state index < -0.39 is 7.26 Å². The molecule has 262 valence electrons. The van der Waals surface area contributed by atoms with Gasteiger partial charge in [-0.3, -0.25) is 0 Å². The van der Waals surface area contributed by atoms with Gasteiger partial charge in [-0.25, -0.2) is 0 Å². The van der Waals surface area contributed by atoms with Crippen molar-refractivity contribution in [3.63, 3.8) is 0 Å². The van der Waals surface area contributed by atoms with Crippen molar-refractivity contribution in [3.8, 4) is 0 Å². The molecule has 0 aliphatic heterocycles. The summed E-state index contributed by atoms with van der Waals surface area (Å²) in [5.74, 6) is 0. The van der Waals surface area contributed by atoms with Gasteiger partial charge in [-0.15, -0.1) is 0 Å². The molecule has 0 heterocycles. The van der Waals surface area contributed by atoms with Gasteiger partial charge in [0.1, 0.15) is 0 Å². The summed E-state index contributed by atoms with van der Waals surface area (Å²) in [6, 6.07) is 0. The van der Waals surface area contributed by atoms with Gasteiger partial charge in [0, 0.05) is 0 Å².